The normalized spacial score (nSPS) is 13.9. The second-order valence-electron chi connectivity index (χ2n) is 5.43. The molecule has 126 valence electrons. The van der Waals surface area contributed by atoms with Gasteiger partial charge in [0.05, 0.1) is 10.9 Å². The summed E-state index contributed by atoms with van der Waals surface area (Å²) in [5, 5.41) is 2.99. The molecule has 1 rings (SSSR count). The van der Waals surface area contributed by atoms with E-state index < -0.39 is 9.84 Å². The first-order valence-corrected chi connectivity index (χ1v) is 8.79. The zero-order valence-corrected chi connectivity index (χ0v) is 15.3. The van der Waals surface area contributed by atoms with E-state index in [9.17, 15) is 13.2 Å². The monoisotopic (exact) mass is 348 g/mol. The highest BCUT2D eigenvalue weighted by Crippen LogP contribution is 2.22. The smallest absolute Gasteiger partial charge is 0.226 e. The third kappa shape index (κ3) is 5.26. The van der Waals surface area contributed by atoms with Crippen molar-refractivity contribution < 1.29 is 13.2 Å². The van der Waals surface area contributed by atoms with Crippen molar-refractivity contribution >= 4 is 28.2 Å². The van der Waals surface area contributed by atoms with E-state index in [1.807, 2.05) is 20.9 Å². The van der Waals surface area contributed by atoms with Crippen LogP contribution in [0.1, 0.15) is 25.5 Å². The fourth-order valence-electron chi connectivity index (χ4n) is 2.15. The average Bonchev–Trinajstić information content (AvgIpc) is 2.44. The molecule has 1 N–H and O–H groups in total. The van der Waals surface area contributed by atoms with Crippen molar-refractivity contribution in [2.24, 2.45) is 5.92 Å². The van der Waals surface area contributed by atoms with Gasteiger partial charge < -0.3 is 10.2 Å². The number of nitrogens with one attached hydrogen (secondary N) is 1. The maximum absolute atomic E-state index is 12.3. The molecule has 0 radical (unpaired) electrons. The molecule has 0 aliphatic heterocycles. The Morgan fingerprint density at radius 3 is 2.14 bits per heavy atom. The van der Waals surface area contributed by atoms with E-state index in [-0.39, 0.29) is 35.2 Å². The number of hydrogen-bond donors (Lipinski definition) is 1. The van der Waals surface area contributed by atoms with Gasteiger partial charge in [-0.25, -0.2) is 8.42 Å². The molecule has 0 aliphatic rings. The summed E-state index contributed by atoms with van der Waals surface area (Å²) < 4.78 is 22.9. The van der Waals surface area contributed by atoms with Gasteiger partial charge in [-0.15, -0.1) is 12.4 Å². The zero-order chi connectivity index (χ0) is 16.2. The molecule has 0 saturated carbocycles. The Bertz CT molecular complexity index is 587. The van der Waals surface area contributed by atoms with E-state index >= 15 is 0 Å². The predicted molar refractivity (Wildman–Crippen MR) is 91.1 cm³/mol. The van der Waals surface area contributed by atoms with Gasteiger partial charge in [0.25, 0.3) is 0 Å². The van der Waals surface area contributed by atoms with Crippen molar-refractivity contribution in [1.29, 1.82) is 0 Å². The molecule has 0 bridgehead atoms. The number of sulfone groups is 1. The summed E-state index contributed by atoms with van der Waals surface area (Å²) in [6, 6.07) is 6.57. The van der Waals surface area contributed by atoms with Crippen LogP contribution < -0.4 is 5.32 Å². The maximum Gasteiger partial charge on any atom is 0.226 e. The molecule has 0 heterocycles. The van der Waals surface area contributed by atoms with Crippen LogP contribution in [0.4, 0.5) is 0 Å². The third-order valence-electron chi connectivity index (χ3n) is 3.65. The van der Waals surface area contributed by atoms with Crippen LogP contribution in [0.3, 0.4) is 0 Å². The Morgan fingerprint density at radius 1 is 1.23 bits per heavy atom. The van der Waals surface area contributed by atoms with Crippen molar-refractivity contribution in [3.05, 3.63) is 29.8 Å². The fraction of sp³-hybridized carbons (Fsp3) is 0.533. The van der Waals surface area contributed by atoms with Gasteiger partial charge in [0, 0.05) is 25.8 Å². The van der Waals surface area contributed by atoms with E-state index in [2.05, 4.69) is 5.32 Å². The van der Waals surface area contributed by atoms with Gasteiger partial charge in [-0.05, 0) is 31.7 Å². The Balaban J connectivity index is 0.00000441. The Kier molecular flexibility index (Phi) is 8.07. The van der Waals surface area contributed by atoms with Gasteiger partial charge in [-0.1, -0.05) is 19.1 Å². The van der Waals surface area contributed by atoms with Gasteiger partial charge >= 0.3 is 0 Å². The Labute approximate surface area is 139 Å². The summed E-state index contributed by atoms with van der Waals surface area (Å²) in [4.78, 5) is 14.2. The summed E-state index contributed by atoms with van der Waals surface area (Å²) >= 11 is 0. The minimum Gasteiger partial charge on any atom is -0.339 e. The molecule has 1 amide bonds. The number of carbonyl (C=O) groups excluding carboxylic acids is 1. The zero-order valence-electron chi connectivity index (χ0n) is 13.7. The SMILES string of the molecule is CNCC(C)C(=O)N(C)C(C)c1ccc(S(C)(=O)=O)cc1.Cl. The van der Waals surface area contributed by atoms with E-state index in [0.29, 0.717) is 6.54 Å². The standard InChI is InChI=1S/C15H24N2O3S.ClH/c1-11(10-16-3)15(18)17(4)12(2)13-6-8-14(9-7-13)21(5,19)20;/h6-9,11-12,16H,10H2,1-5H3;1H. The molecule has 0 spiro atoms. The van der Waals surface area contributed by atoms with Crippen molar-refractivity contribution in [1.82, 2.24) is 10.2 Å². The lowest BCUT2D eigenvalue weighted by Gasteiger charge is -2.28. The topological polar surface area (TPSA) is 66.5 Å². The van der Waals surface area contributed by atoms with Crippen molar-refractivity contribution in [2.75, 3.05) is 26.9 Å². The minimum atomic E-state index is -3.19. The molecule has 5 nitrogen and oxygen atoms in total. The predicted octanol–water partition coefficient (Wildman–Crippen LogP) is 1.89. The number of hydrogen-bond acceptors (Lipinski definition) is 4. The Hall–Kier alpha value is -1.11. The van der Waals surface area contributed by atoms with E-state index in [0.717, 1.165) is 5.56 Å². The number of benzene rings is 1. The molecule has 2 atom stereocenters. The third-order valence-corrected chi connectivity index (χ3v) is 4.78. The van der Waals surface area contributed by atoms with Gasteiger partial charge in [-0.3, -0.25) is 4.79 Å². The first-order chi connectivity index (χ1) is 9.68. The minimum absolute atomic E-state index is 0. The molecule has 7 heteroatoms. The van der Waals surface area contributed by atoms with Gasteiger partial charge in [0.2, 0.25) is 5.91 Å². The van der Waals surface area contributed by atoms with Crippen LogP contribution in [0.25, 0.3) is 0 Å². The van der Waals surface area contributed by atoms with Crippen LogP contribution in [0.2, 0.25) is 0 Å². The summed E-state index contributed by atoms with van der Waals surface area (Å²) in [6.07, 6.45) is 1.18. The van der Waals surface area contributed by atoms with E-state index in [1.165, 1.54) is 6.26 Å². The van der Waals surface area contributed by atoms with Crippen molar-refractivity contribution in [2.45, 2.75) is 24.8 Å². The highest BCUT2D eigenvalue weighted by atomic mass is 35.5. The summed E-state index contributed by atoms with van der Waals surface area (Å²) in [7, 11) is 0.393. The van der Waals surface area contributed by atoms with Gasteiger partial charge in [0.1, 0.15) is 0 Å². The number of rotatable bonds is 6. The quantitative estimate of drug-likeness (QED) is 0.852. The molecular weight excluding hydrogens is 324 g/mol. The highest BCUT2D eigenvalue weighted by Gasteiger charge is 2.22. The molecule has 0 aromatic heterocycles. The van der Waals surface area contributed by atoms with E-state index in [4.69, 9.17) is 0 Å². The Morgan fingerprint density at radius 2 is 1.73 bits per heavy atom. The molecule has 2 unspecified atom stereocenters. The van der Waals surface area contributed by atoms with Crippen LogP contribution in [-0.2, 0) is 14.6 Å². The summed E-state index contributed by atoms with van der Waals surface area (Å²) in [5.74, 6) is -0.0400. The molecule has 1 aromatic carbocycles. The lowest BCUT2D eigenvalue weighted by Crippen LogP contribution is -2.37. The summed E-state index contributed by atoms with van der Waals surface area (Å²) in [6.45, 7) is 4.44. The average molecular weight is 349 g/mol. The number of amides is 1. The van der Waals surface area contributed by atoms with Crippen molar-refractivity contribution in [3.63, 3.8) is 0 Å². The van der Waals surface area contributed by atoms with Crippen LogP contribution in [-0.4, -0.2) is 46.1 Å². The van der Waals surface area contributed by atoms with Crippen LogP contribution in [0.15, 0.2) is 29.2 Å². The molecule has 0 fully saturated rings. The largest absolute Gasteiger partial charge is 0.339 e. The summed E-state index contributed by atoms with van der Waals surface area (Å²) in [5.41, 5.74) is 0.912. The van der Waals surface area contributed by atoms with Crippen LogP contribution in [0, 0.1) is 5.92 Å². The van der Waals surface area contributed by atoms with Crippen molar-refractivity contribution in [3.8, 4) is 0 Å². The number of halogens is 1. The first kappa shape index (κ1) is 20.9. The first-order valence-electron chi connectivity index (χ1n) is 6.89. The van der Waals surface area contributed by atoms with Crippen LogP contribution in [0.5, 0.6) is 0 Å². The molecule has 0 aliphatic carbocycles. The molecule has 0 saturated heterocycles. The number of nitrogens with zero attached hydrogens (tertiary/aromatic N) is 1. The van der Waals surface area contributed by atoms with E-state index in [1.54, 1.807) is 36.2 Å². The van der Waals surface area contributed by atoms with Crippen LogP contribution >= 0.6 is 12.4 Å². The van der Waals surface area contributed by atoms with Gasteiger partial charge in [0.15, 0.2) is 9.84 Å². The fourth-order valence-corrected chi connectivity index (χ4v) is 2.78. The lowest BCUT2D eigenvalue weighted by atomic mass is 10.0. The second-order valence-corrected chi connectivity index (χ2v) is 7.44. The maximum atomic E-state index is 12.3. The number of carbonyl (C=O) groups is 1. The highest BCUT2D eigenvalue weighted by molar-refractivity contribution is 7.90. The molecule has 22 heavy (non-hydrogen) atoms. The molecular formula is C15H25ClN2O3S. The van der Waals surface area contributed by atoms with Gasteiger partial charge in [-0.2, -0.15) is 0 Å². The second kappa shape index (κ2) is 8.50. The lowest BCUT2D eigenvalue weighted by molar-refractivity contribution is -0.135. The molecule has 1 aromatic rings.